The van der Waals surface area contributed by atoms with E-state index in [4.69, 9.17) is 16.3 Å². The maximum atomic E-state index is 5.72. The summed E-state index contributed by atoms with van der Waals surface area (Å²) < 4.78 is 4.87. The molecule has 0 amide bonds. The average molecular weight is 183 g/mol. The molecule has 64 valence electrons. The molecule has 1 aromatic rings. The molecule has 0 spiro atoms. The monoisotopic (exact) mass is 182 g/mol. The van der Waals surface area contributed by atoms with Gasteiger partial charge in [-0.25, -0.2) is 0 Å². The van der Waals surface area contributed by atoms with Crippen LogP contribution in [0.4, 0.5) is 0 Å². The molecular weight excluding hydrogens is 172 g/mol. The van der Waals surface area contributed by atoms with E-state index in [1.54, 1.807) is 7.11 Å². The fraction of sp³-hybridized carbons (Fsp3) is 0.200. The summed E-state index contributed by atoms with van der Waals surface area (Å²) in [7, 11) is 1.67. The molecule has 0 N–H and O–H groups in total. The van der Waals surface area contributed by atoms with Crippen LogP contribution in [0.25, 0.3) is 6.08 Å². The number of benzene rings is 1. The summed E-state index contributed by atoms with van der Waals surface area (Å²) in [4.78, 5) is 0. The van der Waals surface area contributed by atoms with Gasteiger partial charge in [-0.05, 0) is 17.7 Å². The second-order valence-electron chi connectivity index (χ2n) is 2.41. The highest BCUT2D eigenvalue weighted by Gasteiger charge is 1.86. The van der Waals surface area contributed by atoms with Gasteiger partial charge in [-0.2, -0.15) is 0 Å². The summed E-state index contributed by atoms with van der Waals surface area (Å²) in [5.74, 6) is 0. The molecule has 0 saturated heterocycles. The van der Waals surface area contributed by atoms with E-state index in [1.807, 2.05) is 36.4 Å². The summed E-state index contributed by atoms with van der Waals surface area (Å²) in [5.41, 5.74) is 1.14. The molecule has 0 aliphatic heterocycles. The van der Waals surface area contributed by atoms with Crippen LogP contribution in [-0.2, 0) is 4.74 Å². The third kappa shape index (κ3) is 3.07. The first-order valence-electron chi connectivity index (χ1n) is 3.74. The third-order valence-electron chi connectivity index (χ3n) is 1.44. The first kappa shape index (κ1) is 9.30. The number of hydrogen-bond donors (Lipinski definition) is 0. The lowest BCUT2D eigenvalue weighted by Gasteiger charge is -1.93. The first-order chi connectivity index (χ1) is 5.83. The van der Waals surface area contributed by atoms with Crippen molar-refractivity contribution in [2.45, 2.75) is 0 Å². The Labute approximate surface area is 77.6 Å². The Morgan fingerprint density at radius 1 is 1.33 bits per heavy atom. The summed E-state index contributed by atoms with van der Waals surface area (Å²) in [5, 5.41) is 0.763. The van der Waals surface area contributed by atoms with E-state index in [0.717, 1.165) is 10.6 Å². The van der Waals surface area contributed by atoms with Crippen molar-refractivity contribution in [3.63, 3.8) is 0 Å². The summed E-state index contributed by atoms with van der Waals surface area (Å²) in [6.07, 6.45) is 3.96. The largest absolute Gasteiger partial charge is 0.381 e. The lowest BCUT2D eigenvalue weighted by Crippen LogP contribution is -1.80. The van der Waals surface area contributed by atoms with Gasteiger partial charge in [0.2, 0.25) is 0 Å². The van der Waals surface area contributed by atoms with Gasteiger partial charge in [0.05, 0.1) is 6.61 Å². The molecular formula is C10H11ClO. The van der Waals surface area contributed by atoms with E-state index in [1.165, 1.54) is 0 Å². The van der Waals surface area contributed by atoms with Gasteiger partial charge in [0.1, 0.15) is 0 Å². The molecule has 0 saturated carbocycles. The van der Waals surface area contributed by atoms with Crippen molar-refractivity contribution >= 4 is 17.7 Å². The van der Waals surface area contributed by atoms with Crippen LogP contribution in [0.15, 0.2) is 30.3 Å². The molecule has 1 rings (SSSR count). The topological polar surface area (TPSA) is 9.23 Å². The highest BCUT2D eigenvalue weighted by Crippen LogP contribution is 2.10. The van der Waals surface area contributed by atoms with Crippen molar-refractivity contribution in [1.82, 2.24) is 0 Å². The Hall–Kier alpha value is -0.790. The second-order valence-corrected chi connectivity index (χ2v) is 2.85. The van der Waals surface area contributed by atoms with Gasteiger partial charge >= 0.3 is 0 Å². The molecule has 0 fully saturated rings. The lowest BCUT2D eigenvalue weighted by molar-refractivity contribution is 0.234. The van der Waals surface area contributed by atoms with Crippen LogP contribution in [0.3, 0.4) is 0 Å². The van der Waals surface area contributed by atoms with Crippen LogP contribution in [0.1, 0.15) is 5.56 Å². The second kappa shape index (κ2) is 4.96. The van der Waals surface area contributed by atoms with Gasteiger partial charge in [0.15, 0.2) is 0 Å². The average Bonchev–Trinajstić information content (AvgIpc) is 2.09. The van der Waals surface area contributed by atoms with Gasteiger partial charge in [0.25, 0.3) is 0 Å². The van der Waals surface area contributed by atoms with Gasteiger partial charge in [-0.1, -0.05) is 35.9 Å². The number of rotatable bonds is 3. The molecule has 0 aromatic heterocycles. The maximum Gasteiger partial charge on any atom is 0.0646 e. The minimum Gasteiger partial charge on any atom is -0.381 e. The maximum absolute atomic E-state index is 5.72. The van der Waals surface area contributed by atoms with Crippen molar-refractivity contribution in [1.29, 1.82) is 0 Å². The highest BCUT2D eigenvalue weighted by atomic mass is 35.5. The molecule has 0 aliphatic carbocycles. The summed E-state index contributed by atoms with van der Waals surface area (Å²) >= 11 is 5.72. The van der Waals surface area contributed by atoms with E-state index in [2.05, 4.69) is 0 Å². The standard InChI is InChI=1S/C10H11ClO/c1-12-8-2-3-9-4-6-10(11)7-5-9/h2-7H,8H2,1H3/b3-2+. The minimum absolute atomic E-state index is 0.641. The third-order valence-corrected chi connectivity index (χ3v) is 1.70. The van der Waals surface area contributed by atoms with Crippen molar-refractivity contribution in [3.05, 3.63) is 40.9 Å². The lowest BCUT2D eigenvalue weighted by atomic mass is 10.2. The number of halogens is 1. The Balaban J connectivity index is 2.58. The Morgan fingerprint density at radius 3 is 2.58 bits per heavy atom. The van der Waals surface area contributed by atoms with E-state index in [-0.39, 0.29) is 0 Å². The molecule has 0 atom stereocenters. The van der Waals surface area contributed by atoms with Crippen LogP contribution >= 0.6 is 11.6 Å². The van der Waals surface area contributed by atoms with Crippen LogP contribution in [0.5, 0.6) is 0 Å². The Bertz CT molecular complexity index is 251. The molecule has 0 aliphatic rings. The van der Waals surface area contributed by atoms with E-state index in [9.17, 15) is 0 Å². The normalized spacial score (nSPS) is 10.8. The molecule has 1 nitrogen and oxygen atoms in total. The van der Waals surface area contributed by atoms with E-state index >= 15 is 0 Å². The van der Waals surface area contributed by atoms with Gasteiger partial charge in [-0.15, -0.1) is 0 Å². The van der Waals surface area contributed by atoms with Crippen LogP contribution in [-0.4, -0.2) is 13.7 Å². The van der Waals surface area contributed by atoms with Crippen molar-refractivity contribution in [2.75, 3.05) is 13.7 Å². The zero-order valence-electron chi connectivity index (χ0n) is 6.96. The Morgan fingerprint density at radius 2 is 2.00 bits per heavy atom. The predicted octanol–water partition coefficient (Wildman–Crippen LogP) is 3.00. The molecule has 2 heteroatoms. The zero-order valence-corrected chi connectivity index (χ0v) is 7.71. The SMILES string of the molecule is COC/C=C/c1ccc(Cl)cc1. The fourth-order valence-corrected chi connectivity index (χ4v) is 0.980. The van der Waals surface area contributed by atoms with Crippen molar-refractivity contribution in [2.24, 2.45) is 0 Å². The number of methoxy groups -OCH3 is 1. The van der Waals surface area contributed by atoms with Crippen molar-refractivity contribution < 1.29 is 4.74 Å². The zero-order chi connectivity index (χ0) is 8.81. The molecule has 1 aromatic carbocycles. The van der Waals surface area contributed by atoms with E-state index in [0.29, 0.717) is 6.61 Å². The highest BCUT2D eigenvalue weighted by molar-refractivity contribution is 6.30. The van der Waals surface area contributed by atoms with Crippen LogP contribution in [0.2, 0.25) is 5.02 Å². The molecule has 0 radical (unpaired) electrons. The molecule has 12 heavy (non-hydrogen) atoms. The summed E-state index contributed by atoms with van der Waals surface area (Å²) in [6.45, 7) is 0.641. The quantitative estimate of drug-likeness (QED) is 0.699. The molecule has 0 bridgehead atoms. The Kier molecular flexibility index (Phi) is 3.85. The first-order valence-corrected chi connectivity index (χ1v) is 4.12. The van der Waals surface area contributed by atoms with Gasteiger partial charge < -0.3 is 4.74 Å². The molecule has 0 unspecified atom stereocenters. The number of hydrogen-bond acceptors (Lipinski definition) is 1. The summed E-state index contributed by atoms with van der Waals surface area (Å²) in [6, 6.07) is 7.67. The fourth-order valence-electron chi connectivity index (χ4n) is 0.854. The van der Waals surface area contributed by atoms with E-state index < -0.39 is 0 Å². The van der Waals surface area contributed by atoms with Crippen molar-refractivity contribution in [3.8, 4) is 0 Å². The van der Waals surface area contributed by atoms with Gasteiger partial charge in [-0.3, -0.25) is 0 Å². The smallest absolute Gasteiger partial charge is 0.0646 e. The predicted molar refractivity (Wildman–Crippen MR) is 52.4 cm³/mol. The molecule has 0 heterocycles. The van der Waals surface area contributed by atoms with Crippen LogP contribution in [0, 0.1) is 0 Å². The van der Waals surface area contributed by atoms with Crippen LogP contribution < -0.4 is 0 Å². The number of ether oxygens (including phenoxy) is 1. The minimum atomic E-state index is 0.641. The van der Waals surface area contributed by atoms with Gasteiger partial charge in [0, 0.05) is 12.1 Å².